The Bertz CT molecular complexity index is 591. The SMILES string of the molecule is C=C1N=C2/C(=C/C(CC)CC)CCN2c2ccccc21. The zero-order valence-electron chi connectivity index (χ0n) is 12.4. The molecule has 1 fully saturated rings. The van der Waals surface area contributed by atoms with E-state index in [4.69, 9.17) is 4.99 Å². The van der Waals surface area contributed by atoms with Crippen molar-refractivity contribution in [2.24, 2.45) is 10.9 Å². The van der Waals surface area contributed by atoms with Crippen molar-refractivity contribution in [3.8, 4) is 0 Å². The van der Waals surface area contributed by atoms with Crippen molar-refractivity contribution in [3.05, 3.63) is 48.1 Å². The highest BCUT2D eigenvalue weighted by atomic mass is 15.2. The second-order valence-electron chi connectivity index (χ2n) is 5.57. The van der Waals surface area contributed by atoms with Gasteiger partial charge >= 0.3 is 0 Å². The van der Waals surface area contributed by atoms with Crippen LogP contribution in [-0.4, -0.2) is 12.4 Å². The topological polar surface area (TPSA) is 15.6 Å². The summed E-state index contributed by atoms with van der Waals surface area (Å²) in [5.74, 6) is 1.79. The summed E-state index contributed by atoms with van der Waals surface area (Å²) in [7, 11) is 0. The first-order valence-electron chi connectivity index (χ1n) is 7.60. The molecule has 1 aromatic rings. The van der Waals surface area contributed by atoms with E-state index in [1.54, 1.807) is 0 Å². The molecule has 2 aliphatic heterocycles. The van der Waals surface area contributed by atoms with Crippen molar-refractivity contribution >= 4 is 17.2 Å². The van der Waals surface area contributed by atoms with Crippen LogP contribution in [0.1, 0.15) is 38.7 Å². The molecule has 0 unspecified atom stereocenters. The van der Waals surface area contributed by atoms with Crippen molar-refractivity contribution in [2.45, 2.75) is 33.1 Å². The Kier molecular flexibility index (Phi) is 3.47. The maximum atomic E-state index is 4.77. The molecule has 0 saturated carbocycles. The van der Waals surface area contributed by atoms with Crippen LogP contribution in [0.4, 0.5) is 5.69 Å². The standard InChI is InChI=1S/C18H22N2/c1-4-14(5-2)12-15-10-11-20-17-9-7-6-8-16(17)13(3)19-18(15)20/h6-9,12,14H,3-5,10-11H2,1-2H3/b15-12+. The van der Waals surface area contributed by atoms with E-state index in [1.807, 2.05) is 0 Å². The fourth-order valence-electron chi connectivity index (χ4n) is 3.10. The van der Waals surface area contributed by atoms with Gasteiger partial charge in [0.2, 0.25) is 0 Å². The molecule has 0 N–H and O–H groups in total. The summed E-state index contributed by atoms with van der Waals surface area (Å²) < 4.78 is 0. The van der Waals surface area contributed by atoms with Gasteiger partial charge < -0.3 is 4.90 Å². The molecular weight excluding hydrogens is 244 g/mol. The van der Waals surface area contributed by atoms with E-state index >= 15 is 0 Å². The zero-order valence-corrected chi connectivity index (χ0v) is 12.4. The Hall–Kier alpha value is -1.83. The van der Waals surface area contributed by atoms with Gasteiger partial charge in [-0.15, -0.1) is 0 Å². The molecule has 0 atom stereocenters. The summed E-state index contributed by atoms with van der Waals surface area (Å²) in [5, 5.41) is 0. The number of nitrogens with zero attached hydrogens (tertiary/aromatic N) is 2. The Morgan fingerprint density at radius 2 is 2.05 bits per heavy atom. The largest absolute Gasteiger partial charge is 0.325 e. The molecule has 2 nitrogen and oxygen atoms in total. The predicted octanol–water partition coefficient (Wildman–Crippen LogP) is 4.64. The third-order valence-electron chi connectivity index (χ3n) is 4.38. The lowest BCUT2D eigenvalue weighted by Gasteiger charge is -2.27. The third-order valence-corrected chi connectivity index (χ3v) is 4.38. The first kappa shape index (κ1) is 13.2. The minimum atomic E-state index is 0.665. The first-order chi connectivity index (χ1) is 9.74. The monoisotopic (exact) mass is 266 g/mol. The van der Waals surface area contributed by atoms with Gasteiger partial charge in [0.1, 0.15) is 5.84 Å². The predicted molar refractivity (Wildman–Crippen MR) is 87.0 cm³/mol. The Morgan fingerprint density at radius 1 is 1.30 bits per heavy atom. The number of para-hydroxylation sites is 1. The molecule has 0 aliphatic carbocycles. The van der Waals surface area contributed by atoms with Crippen LogP contribution in [0.25, 0.3) is 5.70 Å². The fraction of sp³-hybridized carbons (Fsp3) is 0.389. The van der Waals surface area contributed by atoms with Crippen molar-refractivity contribution < 1.29 is 0 Å². The number of rotatable bonds is 3. The molecule has 0 aromatic heterocycles. The molecule has 2 heterocycles. The van der Waals surface area contributed by atoms with Gasteiger partial charge in [-0.05, 0) is 36.8 Å². The van der Waals surface area contributed by atoms with E-state index in [0.717, 1.165) is 24.5 Å². The highest BCUT2D eigenvalue weighted by Crippen LogP contribution is 2.37. The fourth-order valence-corrected chi connectivity index (χ4v) is 3.10. The van der Waals surface area contributed by atoms with Crippen molar-refractivity contribution in [2.75, 3.05) is 11.4 Å². The quantitative estimate of drug-likeness (QED) is 0.778. The molecule has 104 valence electrons. The van der Waals surface area contributed by atoms with Gasteiger partial charge in [0, 0.05) is 12.1 Å². The summed E-state index contributed by atoms with van der Waals surface area (Å²) >= 11 is 0. The number of hydrogen-bond acceptors (Lipinski definition) is 2. The van der Waals surface area contributed by atoms with Crippen molar-refractivity contribution in [1.82, 2.24) is 0 Å². The highest BCUT2D eigenvalue weighted by molar-refractivity contribution is 6.17. The van der Waals surface area contributed by atoms with Gasteiger partial charge in [-0.25, -0.2) is 4.99 Å². The molecule has 2 heteroatoms. The maximum absolute atomic E-state index is 4.77. The van der Waals surface area contributed by atoms with E-state index in [2.05, 4.69) is 55.7 Å². The van der Waals surface area contributed by atoms with Crippen molar-refractivity contribution in [3.63, 3.8) is 0 Å². The number of hydrogen-bond donors (Lipinski definition) is 0. The lowest BCUT2D eigenvalue weighted by atomic mass is 9.99. The second-order valence-corrected chi connectivity index (χ2v) is 5.57. The van der Waals surface area contributed by atoms with Crippen LogP contribution in [0, 0.1) is 5.92 Å². The highest BCUT2D eigenvalue weighted by Gasteiger charge is 2.30. The van der Waals surface area contributed by atoms with Gasteiger partial charge in [-0.3, -0.25) is 0 Å². The zero-order chi connectivity index (χ0) is 14.1. The molecule has 1 saturated heterocycles. The molecule has 2 aliphatic rings. The van der Waals surface area contributed by atoms with Gasteiger partial charge in [-0.1, -0.05) is 44.7 Å². The lowest BCUT2D eigenvalue weighted by Crippen LogP contribution is -2.28. The number of fused-ring (bicyclic) bond motifs is 3. The minimum absolute atomic E-state index is 0.665. The molecule has 3 rings (SSSR count). The summed E-state index contributed by atoms with van der Waals surface area (Å²) in [6, 6.07) is 8.44. The summed E-state index contributed by atoms with van der Waals surface area (Å²) in [6.45, 7) is 9.68. The molecule has 0 radical (unpaired) electrons. The van der Waals surface area contributed by atoms with E-state index in [9.17, 15) is 0 Å². The van der Waals surface area contributed by atoms with E-state index in [0.29, 0.717) is 5.92 Å². The van der Waals surface area contributed by atoms with Crippen LogP contribution in [0.2, 0.25) is 0 Å². The minimum Gasteiger partial charge on any atom is -0.325 e. The molecule has 0 bridgehead atoms. The van der Waals surface area contributed by atoms with E-state index in [1.165, 1.54) is 29.7 Å². The number of allylic oxidation sites excluding steroid dienone is 1. The average molecular weight is 266 g/mol. The van der Waals surface area contributed by atoms with E-state index < -0.39 is 0 Å². The van der Waals surface area contributed by atoms with Gasteiger partial charge in [0.25, 0.3) is 0 Å². The summed E-state index contributed by atoms with van der Waals surface area (Å²) in [6.07, 6.45) is 5.92. The maximum Gasteiger partial charge on any atom is 0.136 e. The van der Waals surface area contributed by atoms with Crippen LogP contribution in [0.3, 0.4) is 0 Å². The molecule has 1 aromatic carbocycles. The third kappa shape index (κ3) is 2.09. The Morgan fingerprint density at radius 3 is 2.80 bits per heavy atom. The number of amidine groups is 1. The van der Waals surface area contributed by atoms with E-state index in [-0.39, 0.29) is 0 Å². The van der Waals surface area contributed by atoms with Crippen LogP contribution in [0.5, 0.6) is 0 Å². The summed E-state index contributed by atoms with van der Waals surface area (Å²) in [5.41, 5.74) is 4.72. The van der Waals surface area contributed by atoms with Crippen LogP contribution in [0.15, 0.2) is 47.5 Å². The number of benzene rings is 1. The number of aliphatic imine (C=N–C) groups is 1. The van der Waals surface area contributed by atoms with Gasteiger partial charge in [-0.2, -0.15) is 0 Å². The smallest absolute Gasteiger partial charge is 0.136 e. The number of anilines is 1. The van der Waals surface area contributed by atoms with Gasteiger partial charge in [0.05, 0.1) is 11.4 Å². The normalized spacial score (nSPS) is 19.4. The average Bonchev–Trinajstić information content (AvgIpc) is 2.88. The lowest BCUT2D eigenvalue weighted by molar-refractivity contribution is 0.603. The van der Waals surface area contributed by atoms with Crippen LogP contribution >= 0.6 is 0 Å². The Balaban J connectivity index is 1.99. The van der Waals surface area contributed by atoms with Crippen LogP contribution < -0.4 is 4.90 Å². The van der Waals surface area contributed by atoms with Crippen molar-refractivity contribution in [1.29, 1.82) is 0 Å². The summed E-state index contributed by atoms with van der Waals surface area (Å²) in [4.78, 5) is 7.11. The molecular formula is C18H22N2. The Labute approximate surface area is 121 Å². The van der Waals surface area contributed by atoms with Crippen LogP contribution in [-0.2, 0) is 0 Å². The molecule has 20 heavy (non-hydrogen) atoms. The molecule has 0 spiro atoms. The van der Waals surface area contributed by atoms with Gasteiger partial charge in [0.15, 0.2) is 0 Å². The first-order valence-corrected chi connectivity index (χ1v) is 7.60. The molecule has 0 amide bonds. The second kappa shape index (κ2) is 5.28.